The van der Waals surface area contributed by atoms with Gasteiger partial charge in [-0.1, -0.05) is 53.7 Å². The normalized spacial score (nSPS) is 15.8. The summed E-state index contributed by atoms with van der Waals surface area (Å²) in [7, 11) is 0. The van der Waals surface area contributed by atoms with Crippen LogP contribution in [0.3, 0.4) is 0 Å². The highest BCUT2D eigenvalue weighted by atomic mass is 35.5. The lowest BCUT2D eigenvalue weighted by atomic mass is 9.97. The smallest absolute Gasteiger partial charge is 0.338 e. The number of hydrogen-bond acceptors (Lipinski definition) is 8. The summed E-state index contributed by atoms with van der Waals surface area (Å²) >= 11 is 7.36. The molecule has 0 saturated heterocycles. The summed E-state index contributed by atoms with van der Waals surface area (Å²) in [5.74, 6) is 0.955. The molecule has 1 aliphatic rings. The average Bonchev–Trinajstić information content (AvgIpc) is 3.27. The van der Waals surface area contributed by atoms with Crippen LogP contribution in [0.1, 0.15) is 31.3 Å². The Labute approximate surface area is 194 Å². The van der Waals surface area contributed by atoms with Gasteiger partial charge >= 0.3 is 5.97 Å². The van der Waals surface area contributed by atoms with Crippen LogP contribution < -0.4 is 5.32 Å². The number of carbonyl (C=O) groups excluding carboxylic acids is 1. The van der Waals surface area contributed by atoms with E-state index in [1.54, 1.807) is 19.1 Å². The second-order valence-electron chi connectivity index (χ2n) is 6.93. The molecule has 0 bridgehead atoms. The Kier molecular flexibility index (Phi) is 6.92. The maximum absolute atomic E-state index is 12.6. The number of aliphatic imine (C=N–C) groups is 1. The van der Waals surface area contributed by atoms with Crippen LogP contribution in [-0.4, -0.2) is 27.9 Å². The molecule has 1 aliphatic heterocycles. The van der Waals surface area contributed by atoms with E-state index in [1.165, 1.54) is 11.8 Å². The van der Waals surface area contributed by atoms with E-state index in [2.05, 4.69) is 15.5 Å². The molecular weight excluding hydrogens is 448 g/mol. The molecule has 1 unspecified atom stereocenters. The van der Waals surface area contributed by atoms with Crippen molar-refractivity contribution in [1.82, 2.24) is 15.5 Å². The highest BCUT2D eigenvalue weighted by Crippen LogP contribution is 2.33. The van der Waals surface area contributed by atoms with E-state index in [0.29, 0.717) is 45.6 Å². The van der Waals surface area contributed by atoms with Crippen molar-refractivity contribution >= 4 is 34.5 Å². The minimum atomic E-state index is -0.452. The van der Waals surface area contributed by atoms with E-state index in [-0.39, 0.29) is 5.97 Å². The number of ether oxygens (including phenoxy) is 1. The number of aromatic nitrogens is 2. The first-order valence-corrected chi connectivity index (χ1v) is 11.4. The molecule has 0 saturated carbocycles. The third-order valence-electron chi connectivity index (χ3n) is 4.72. The summed E-state index contributed by atoms with van der Waals surface area (Å²) in [4.78, 5) is 17.4. The standard InChI is InChI=1S/C23H21ClN4O3S/c1-3-30-22(29)19-14(2)25-23(26-20(19)15-7-5-4-6-8-15)32-13-18-27-28-21(31-18)16-9-11-17(24)12-10-16/h4-12,20H,3,13H2,1-2H3,(H,25,26). The molecule has 9 heteroatoms. The third kappa shape index (κ3) is 5.03. The van der Waals surface area contributed by atoms with Gasteiger partial charge in [-0.25, -0.2) is 9.79 Å². The van der Waals surface area contributed by atoms with Crippen LogP contribution in [0.15, 0.2) is 75.3 Å². The van der Waals surface area contributed by atoms with Crippen molar-refractivity contribution in [2.24, 2.45) is 4.99 Å². The molecule has 1 atom stereocenters. The lowest BCUT2D eigenvalue weighted by molar-refractivity contribution is -0.138. The van der Waals surface area contributed by atoms with Gasteiger partial charge in [-0.05, 0) is 43.7 Å². The predicted molar refractivity (Wildman–Crippen MR) is 125 cm³/mol. The topological polar surface area (TPSA) is 89.6 Å². The zero-order chi connectivity index (χ0) is 22.5. The van der Waals surface area contributed by atoms with Crippen molar-refractivity contribution in [3.63, 3.8) is 0 Å². The summed E-state index contributed by atoms with van der Waals surface area (Å²) in [6.07, 6.45) is 0. The van der Waals surface area contributed by atoms with E-state index >= 15 is 0 Å². The Morgan fingerprint density at radius 2 is 1.91 bits per heavy atom. The van der Waals surface area contributed by atoms with Crippen molar-refractivity contribution in [1.29, 1.82) is 0 Å². The zero-order valence-corrected chi connectivity index (χ0v) is 19.1. The van der Waals surface area contributed by atoms with E-state index in [0.717, 1.165) is 11.1 Å². The van der Waals surface area contributed by atoms with Crippen molar-refractivity contribution < 1.29 is 13.9 Å². The van der Waals surface area contributed by atoms with Gasteiger partial charge in [-0.3, -0.25) is 0 Å². The number of allylic oxidation sites excluding steroid dienone is 1. The number of rotatable bonds is 6. The fraction of sp³-hybridized carbons (Fsp3) is 0.217. The molecule has 2 aromatic carbocycles. The number of nitrogens with one attached hydrogen (secondary N) is 1. The zero-order valence-electron chi connectivity index (χ0n) is 17.5. The molecule has 0 radical (unpaired) electrons. The van der Waals surface area contributed by atoms with Crippen LogP contribution in [0.25, 0.3) is 11.5 Å². The van der Waals surface area contributed by atoms with Gasteiger partial charge in [0.05, 0.1) is 17.9 Å². The number of nitrogens with zero attached hydrogens (tertiary/aromatic N) is 3. The Bertz CT molecular complexity index is 1160. The minimum absolute atomic E-state index is 0.301. The van der Waals surface area contributed by atoms with Crippen LogP contribution in [-0.2, 0) is 15.3 Å². The van der Waals surface area contributed by atoms with E-state index in [4.69, 9.17) is 25.7 Å². The minimum Gasteiger partial charge on any atom is -0.463 e. The molecule has 0 fully saturated rings. The molecule has 2 heterocycles. The number of amidine groups is 1. The van der Waals surface area contributed by atoms with Crippen molar-refractivity contribution in [3.8, 4) is 11.5 Å². The van der Waals surface area contributed by atoms with Crippen LogP contribution in [0.4, 0.5) is 0 Å². The van der Waals surface area contributed by atoms with Gasteiger partial charge in [0.25, 0.3) is 0 Å². The first kappa shape index (κ1) is 22.1. The van der Waals surface area contributed by atoms with E-state index < -0.39 is 6.04 Å². The van der Waals surface area contributed by atoms with Gasteiger partial charge in [0.15, 0.2) is 5.17 Å². The molecule has 3 aromatic rings. The van der Waals surface area contributed by atoms with Gasteiger partial charge < -0.3 is 14.5 Å². The monoisotopic (exact) mass is 468 g/mol. The Morgan fingerprint density at radius 1 is 1.16 bits per heavy atom. The molecular formula is C23H21ClN4O3S. The summed E-state index contributed by atoms with van der Waals surface area (Å²) < 4.78 is 11.0. The highest BCUT2D eigenvalue weighted by Gasteiger charge is 2.30. The van der Waals surface area contributed by atoms with Crippen molar-refractivity contribution in [2.75, 3.05) is 6.61 Å². The quantitative estimate of drug-likeness (QED) is 0.499. The second kappa shape index (κ2) is 10.0. The number of halogens is 1. The number of esters is 1. The van der Waals surface area contributed by atoms with Crippen LogP contribution in [0.2, 0.25) is 5.02 Å². The number of carbonyl (C=O) groups is 1. The predicted octanol–water partition coefficient (Wildman–Crippen LogP) is 5.16. The first-order valence-electron chi connectivity index (χ1n) is 10.0. The summed E-state index contributed by atoms with van der Waals surface area (Å²) in [6.45, 7) is 3.94. The molecule has 1 N–H and O–H groups in total. The molecule has 32 heavy (non-hydrogen) atoms. The molecule has 1 aromatic heterocycles. The van der Waals surface area contributed by atoms with E-state index in [1.807, 2.05) is 49.4 Å². The van der Waals surface area contributed by atoms with Crippen molar-refractivity contribution in [2.45, 2.75) is 25.6 Å². The van der Waals surface area contributed by atoms with Crippen LogP contribution in [0, 0.1) is 0 Å². The first-order chi connectivity index (χ1) is 15.5. The van der Waals surface area contributed by atoms with Gasteiger partial charge in [0.1, 0.15) is 6.04 Å². The van der Waals surface area contributed by atoms with Gasteiger partial charge in [0, 0.05) is 16.3 Å². The summed E-state index contributed by atoms with van der Waals surface area (Å²) in [5, 5.41) is 12.7. The third-order valence-corrected chi connectivity index (χ3v) is 5.84. The number of hydrogen-bond donors (Lipinski definition) is 1. The fourth-order valence-corrected chi connectivity index (χ4v) is 4.13. The van der Waals surface area contributed by atoms with Crippen molar-refractivity contribution in [3.05, 3.63) is 82.3 Å². The van der Waals surface area contributed by atoms with Gasteiger partial charge in [0.2, 0.25) is 11.8 Å². The molecule has 0 amide bonds. The largest absolute Gasteiger partial charge is 0.463 e. The highest BCUT2D eigenvalue weighted by molar-refractivity contribution is 8.13. The summed E-state index contributed by atoms with van der Waals surface area (Å²) in [6, 6.07) is 16.4. The molecule has 4 rings (SSSR count). The van der Waals surface area contributed by atoms with Crippen LogP contribution >= 0.6 is 23.4 Å². The maximum Gasteiger partial charge on any atom is 0.338 e. The fourth-order valence-electron chi connectivity index (χ4n) is 3.22. The average molecular weight is 469 g/mol. The maximum atomic E-state index is 12.6. The number of benzene rings is 2. The molecule has 7 nitrogen and oxygen atoms in total. The van der Waals surface area contributed by atoms with Gasteiger partial charge in [-0.15, -0.1) is 10.2 Å². The Hall–Kier alpha value is -3.10. The SMILES string of the molecule is CCOC(=O)C1=C(C)NC(SCc2nnc(-c3ccc(Cl)cc3)o2)=NC1c1ccccc1. The molecule has 0 aliphatic carbocycles. The molecule has 164 valence electrons. The summed E-state index contributed by atoms with van der Waals surface area (Å²) in [5.41, 5.74) is 2.93. The Balaban J connectivity index is 1.52. The molecule has 0 spiro atoms. The van der Waals surface area contributed by atoms with Crippen LogP contribution in [0.5, 0.6) is 0 Å². The Morgan fingerprint density at radius 3 is 2.62 bits per heavy atom. The second-order valence-corrected chi connectivity index (χ2v) is 8.33. The number of thioether (sulfide) groups is 1. The lowest BCUT2D eigenvalue weighted by Crippen LogP contribution is -2.30. The van der Waals surface area contributed by atoms with E-state index in [9.17, 15) is 4.79 Å². The van der Waals surface area contributed by atoms with Gasteiger partial charge in [-0.2, -0.15) is 0 Å². The lowest BCUT2D eigenvalue weighted by Gasteiger charge is -2.25.